The lowest BCUT2D eigenvalue weighted by atomic mass is 9.94. The second-order valence-electron chi connectivity index (χ2n) is 8.98. The molecule has 0 amide bonds. The van der Waals surface area contributed by atoms with Crippen LogP contribution in [-0.4, -0.2) is 28.7 Å². The van der Waals surface area contributed by atoms with Gasteiger partial charge in [-0.2, -0.15) is 5.06 Å². The van der Waals surface area contributed by atoms with Crippen molar-refractivity contribution in [3.05, 3.63) is 35.9 Å². The number of hydrogen-bond donors (Lipinski definition) is 0. The number of nitrogens with zero attached hydrogens (tertiary/aromatic N) is 1. The molecular formula is C21H38NO2P. The van der Waals surface area contributed by atoms with Gasteiger partial charge in [0.15, 0.2) is 0 Å². The van der Waals surface area contributed by atoms with Gasteiger partial charge in [-0.1, -0.05) is 65.0 Å². The highest BCUT2D eigenvalue weighted by molar-refractivity contribution is 7.64. The van der Waals surface area contributed by atoms with E-state index in [4.69, 9.17) is 4.84 Å². The summed E-state index contributed by atoms with van der Waals surface area (Å²) in [6.07, 6.45) is 1.30. The quantitative estimate of drug-likeness (QED) is 0.404. The molecule has 4 heteroatoms. The molecule has 0 radical (unpaired) electrons. The lowest BCUT2D eigenvalue weighted by Crippen LogP contribution is -2.53. The molecule has 0 aliphatic heterocycles. The normalized spacial score (nSPS) is 16.1. The van der Waals surface area contributed by atoms with Crippen LogP contribution in [0.5, 0.6) is 0 Å². The molecule has 1 aromatic carbocycles. The van der Waals surface area contributed by atoms with Crippen molar-refractivity contribution >= 4 is 7.14 Å². The summed E-state index contributed by atoms with van der Waals surface area (Å²) in [6, 6.07) is 10.2. The van der Waals surface area contributed by atoms with Crippen LogP contribution in [0.25, 0.3) is 0 Å². The van der Waals surface area contributed by atoms with Gasteiger partial charge < -0.3 is 4.57 Å². The van der Waals surface area contributed by atoms with E-state index < -0.39 is 7.14 Å². The van der Waals surface area contributed by atoms with Crippen LogP contribution in [0.2, 0.25) is 0 Å². The Morgan fingerprint density at radius 3 is 1.84 bits per heavy atom. The van der Waals surface area contributed by atoms with Crippen molar-refractivity contribution < 1.29 is 9.40 Å². The van der Waals surface area contributed by atoms with Crippen molar-refractivity contribution in [2.45, 2.75) is 79.7 Å². The Morgan fingerprint density at radius 1 is 1.00 bits per heavy atom. The van der Waals surface area contributed by atoms with Crippen molar-refractivity contribution in [3.8, 4) is 0 Å². The monoisotopic (exact) mass is 367 g/mol. The van der Waals surface area contributed by atoms with Crippen LogP contribution in [0, 0.1) is 5.41 Å². The van der Waals surface area contributed by atoms with Crippen LogP contribution < -0.4 is 0 Å². The standard InChI is InChI=1S/C21H38NO2P/c1-10-25(23,11-2)19(20(4,5)6)22(21(7,8)9)24-17(3)18-15-13-12-14-16-18/h12-17,19H,10-11H2,1-9H3. The van der Waals surface area contributed by atoms with Crippen molar-refractivity contribution in [2.24, 2.45) is 5.41 Å². The van der Waals surface area contributed by atoms with Gasteiger partial charge in [-0.3, -0.25) is 4.84 Å². The van der Waals surface area contributed by atoms with Gasteiger partial charge in [0, 0.05) is 5.54 Å². The van der Waals surface area contributed by atoms with Gasteiger partial charge in [-0.15, -0.1) is 0 Å². The zero-order valence-electron chi connectivity index (χ0n) is 17.7. The number of hydroxylamine groups is 2. The summed E-state index contributed by atoms with van der Waals surface area (Å²) in [5.41, 5.74) is 0.735. The maximum Gasteiger partial charge on any atom is 0.106 e. The summed E-state index contributed by atoms with van der Waals surface area (Å²) >= 11 is 0. The fourth-order valence-electron chi connectivity index (χ4n) is 3.36. The minimum Gasteiger partial charge on any atom is -0.322 e. The Balaban J connectivity index is 3.33. The maximum absolute atomic E-state index is 13.8. The smallest absolute Gasteiger partial charge is 0.106 e. The molecule has 25 heavy (non-hydrogen) atoms. The van der Waals surface area contributed by atoms with Gasteiger partial charge in [0.2, 0.25) is 0 Å². The Hall–Kier alpha value is -0.630. The highest BCUT2D eigenvalue weighted by Crippen LogP contribution is 2.59. The molecule has 0 bridgehead atoms. The molecule has 3 nitrogen and oxygen atoms in total. The van der Waals surface area contributed by atoms with E-state index in [-0.39, 0.29) is 22.8 Å². The molecule has 0 aromatic heterocycles. The van der Waals surface area contributed by atoms with Crippen LogP contribution in [0.15, 0.2) is 30.3 Å². The molecule has 0 spiro atoms. The minimum atomic E-state index is -2.41. The predicted molar refractivity (Wildman–Crippen MR) is 109 cm³/mol. The second kappa shape index (κ2) is 8.37. The molecule has 1 aromatic rings. The van der Waals surface area contributed by atoms with Crippen molar-refractivity contribution in [1.82, 2.24) is 5.06 Å². The Bertz CT molecular complexity index is 564. The van der Waals surface area contributed by atoms with Gasteiger partial charge >= 0.3 is 0 Å². The lowest BCUT2D eigenvalue weighted by molar-refractivity contribution is -0.261. The van der Waals surface area contributed by atoms with Crippen LogP contribution in [0.4, 0.5) is 0 Å². The Kier molecular flexibility index (Phi) is 7.51. The van der Waals surface area contributed by atoms with Gasteiger partial charge in [-0.25, -0.2) is 0 Å². The SMILES string of the molecule is CCP(=O)(CC)C(N(OC(C)c1ccccc1)C(C)(C)C)C(C)(C)C. The first-order valence-electron chi connectivity index (χ1n) is 9.45. The van der Waals surface area contributed by atoms with Crippen LogP contribution in [0.1, 0.15) is 74.0 Å². The molecule has 0 fully saturated rings. The van der Waals surface area contributed by atoms with E-state index in [1.165, 1.54) is 0 Å². The van der Waals surface area contributed by atoms with E-state index in [2.05, 4.69) is 60.6 Å². The van der Waals surface area contributed by atoms with Crippen molar-refractivity contribution in [2.75, 3.05) is 12.3 Å². The predicted octanol–water partition coefficient (Wildman–Crippen LogP) is 6.55. The second-order valence-corrected chi connectivity index (χ2v) is 12.6. The largest absolute Gasteiger partial charge is 0.322 e. The molecule has 0 N–H and O–H groups in total. The molecule has 0 saturated heterocycles. The van der Waals surface area contributed by atoms with Crippen molar-refractivity contribution in [3.63, 3.8) is 0 Å². The number of benzene rings is 1. The topological polar surface area (TPSA) is 29.5 Å². The van der Waals surface area contributed by atoms with E-state index in [0.29, 0.717) is 12.3 Å². The van der Waals surface area contributed by atoms with E-state index in [1.54, 1.807) is 0 Å². The van der Waals surface area contributed by atoms with Gasteiger partial charge in [0.25, 0.3) is 0 Å². The fraction of sp³-hybridized carbons (Fsp3) is 0.714. The first-order chi connectivity index (χ1) is 11.4. The van der Waals surface area contributed by atoms with Gasteiger partial charge in [0.1, 0.15) is 13.2 Å². The van der Waals surface area contributed by atoms with Gasteiger partial charge in [0.05, 0.1) is 5.78 Å². The Morgan fingerprint density at radius 2 is 1.48 bits per heavy atom. The lowest BCUT2D eigenvalue weighted by Gasteiger charge is -2.49. The highest BCUT2D eigenvalue weighted by atomic mass is 31.2. The maximum atomic E-state index is 13.8. The van der Waals surface area contributed by atoms with Crippen LogP contribution in [0.3, 0.4) is 0 Å². The van der Waals surface area contributed by atoms with Crippen LogP contribution in [-0.2, 0) is 9.40 Å². The molecule has 0 heterocycles. The van der Waals surface area contributed by atoms with E-state index in [9.17, 15) is 4.57 Å². The molecule has 0 aliphatic rings. The van der Waals surface area contributed by atoms with E-state index >= 15 is 0 Å². The van der Waals surface area contributed by atoms with E-state index in [1.807, 2.05) is 37.1 Å². The third-order valence-corrected chi connectivity index (χ3v) is 8.73. The van der Waals surface area contributed by atoms with Crippen molar-refractivity contribution in [1.29, 1.82) is 0 Å². The molecular weight excluding hydrogens is 329 g/mol. The van der Waals surface area contributed by atoms with Crippen LogP contribution >= 0.6 is 7.14 Å². The number of hydrogen-bond acceptors (Lipinski definition) is 3. The summed E-state index contributed by atoms with van der Waals surface area (Å²) in [7, 11) is -2.41. The summed E-state index contributed by atoms with van der Waals surface area (Å²) < 4.78 is 13.8. The number of rotatable bonds is 7. The zero-order chi connectivity index (χ0) is 19.5. The molecule has 2 atom stereocenters. The Labute approximate surface area is 155 Å². The zero-order valence-corrected chi connectivity index (χ0v) is 18.6. The summed E-state index contributed by atoms with van der Waals surface area (Å²) in [4.78, 5) is 6.50. The minimum absolute atomic E-state index is 0.0903. The molecule has 2 unspecified atom stereocenters. The third-order valence-electron chi connectivity index (χ3n) is 4.71. The molecule has 0 saturated carbocycles. The summed E-state index contributed by atoms with van der Waals surface area (Å²) in [5.74, 6) is -0.124. The highest BCUT2D eigenvalue weighted by Gasteiger charge is 2.47. The van der Waals surface area contributed by atoms with Gasteiger partial charge in [-0.05, 0) is 51.0 Å². The average molecular weight is 368 g/mol. The molecule has 0 aliphatic carbocycles. The average Bonchev–Trinajstić information content (AvgIpc) is 2.52. The molecule has 144 valence electrons. The molecule has 1 rings (SSSR count). The first kappa shape index (κ1) is 22.4. The summed E-state index contributed by atoms with van der Waals surface area (Å²) in [5, 5.41) is 2.04. The first-order valence-corrected chi connectivity index (χ1v) is 11.6. The summed E-state index contributed by atoms with van der Waals surface area (Å²) in [6.45, 7) is 19.1. The third kappa shape index (κ3) is 5.67. The fourth-order valence-corrected chi connectivity index (χ4v) is 6.69. The van der Waals surface area contributed by atoms with E-state index in [0.717, 1.165) is 5.56 Å².